The quantitative estimate of drug-likeness (QED) is 0.234. The van der Waals surface area contributed by atoms with Crippen LogP contribution in [0.15, 0.2) is 54.6 Å². The number of carbonyl (C=O) groups excluding carboxylic acids is 3. The van der Waals surface area contributed by atoms with Gasteiger partial charge in [0.25, 0.3) is 0 Å². The summed E-state index contributed by atoms with van der Waals surface area (Å²) in [6.45, 7) is 2.94. The average Bonchev–Trinajstić information content (AvgIpc) is 3.47. The summed E-state index contributed by atoms with van der Waals surface area (Å²) < 4.78 is 4.83. The van der Waals surface area contributed by atoms with E-state index in [0.29, 0.717) is 30.8 Å². The van der Waals surface area contributed by atoms with Crippen molar-refractivity contribution < 1.29 is 19.1 Å². The molecule has 192 valence electrons. The average molecular weight is 502 g/mol. The summed E-state index contributed by atoms with van der Waals surface area (Å²) in [5.41, 5.74) is 6.04. The fourth-order valence-corrected chi connectivity index (χ4v) is 4.50. The van der Waals surface area contributed by atoms with Crippen LogP contribution in [0.5, 0.6) is 0 Å². The number of H-pyrrole nitrogens is 1. The second kappa shape index (κ2) is 11.1. The van der Waals surface area contributed by atoms with Gasteiger partial charge in [-0.2, -0.15) is 0 Å². The lowest BCUT2D eigenvalue weighted by Gasteiger charge is -2.19. The number of hydrogen-bond donors (Lipinski definition) is 3. The highest BCUT2D eigenvalue weighted by Crippen LogP contribution is 2.35. The van der Waals surface area contributed by atoms with Gasteiger partial charge < -0.3 is 30.2 Å². The Kier molecular flexibility index (Phi) is 7.74. The molecule has 4 rings (SSSR count). The van der Waals surface area contributed by atoms with Crippen LogP contribution in [-0.2, 0) is 20.7 Å². The highest BCUT2D eigenvalue weighted by molar-refractivity contribution is 6.01. The zero-order chi connectivity index (χ0) is 26.5. The molecule has 1 aliphatic rings. The van der Waals surface area contributed by atoms with E-state index in [-0.39, 0.29) is 5.91 Å². The minimum atomic E-state index is -0.488. The predicted octanol–water partition coefficient (Wildman–Crippen LogP) is 3.82. The summed E-state index contributed by atoms with van der Waals surface area (Å²) in [6, 6.07) is 16.8. The molecule has 0 spiro atoms. The second-order valence-corrected chi connectivity index (χ2v) is 9.09. The van der Waals surface area contributed by atoms with Crippen molar-refractivity contribution in [3.8, 4) is 0 Å². The van der Waals surface area contributed by atoms with Crippen LogP contribution in [0.4, 0.5) is 17.2 Å². The topological polar surface area (TPSA) is 107 Å². The smallest absolute Gasteiger partial charge is 0.337 e. The number of rotatable bonds is 9. The molecule has 0 bridgehead atoms. The van der Waals surface area contributed by atoms with Crippen molar-refractivity contribution in [1.29, 1.82) is 0 Å². The second-order valence-electron chi connectivity index (χ2n) is 9.09. The number of allylic oxidation sites excluding steroid dienone is 1. The van der Waals surface area contributed by atoms with Crippen molar-refractivity contribution in [3.63, 3.8) is 0 Å². The van der Waals surface area contributed by atoms with E-state index in [9.17, 15) is 14.4 Å². The summed E-state index contributed by atoms with van der Waals surface area (Å²) in [4.78, 5) is 43.2. The molecular weight excluding hydrogens is 470 g/mol. The van der Waals surface area contributed by atoms with Gasteiger partial charge in [-0.1, -0.05) is 36.4 Å². The molecular formula is C28H31N5O4. The Balaban J connectivity index is 1.75. The molecule has 0 saturated carbocycles. The lowest BCUT2D eigenvalue weighted by Crippen LogP contribution is -2.36. The summed E-state index contributed by atoms with van der Waals surface area (Å²) in [5, 5.41) is 6.21. The number of nitrogens with one attached hydrogen (secondary N) is 3. The number of amides is 2. The van der Waals surface area contributed by atoms with Crippen LogP contribution in [0.2, 0.25) is 0 Å². The first-order chi connectivity index (χ1) is 17.8. The zero-order valence-electron chi connectivity index (χ0n) is 21.4. The maximum Gasteiger partial charge on any atom is 0.337 e. The Morgan fingerprint density at radius 2 is 1.86 bits per heavy atom. The van der Waals surface area contributed by atoms with Gasteiger partial charge in [0.05, 0.1) is 30.6 Å². The van der Waals surface area contributed by atoms with E-state index < -0.39 is 5.97 Å². The normalized spacial score (nSPS) is 13.2. The minimum Gasteiger partial charge on any atom is -0.465 e. The number of ether oxygens (including phenoxy) is 1. The largest absolute Gasteiger partial charge is 0.465 e. The van der Waals surface area contributed by atoms with Crippen molar-refractivity contribution in [1.82, 2.24) is 9.88 Å². The van der Waals surface area contributed by atoms with Crippen LogP contribution in [0.25, 0.3) is 11.3 Å². The number of likely N-dealkylation sites (N-methyl/N-ethyl adjacent to an activating group) is 1. The van der Waals surface area contributed by atoms with Crippen LogP contribution in [-0.4, -0.2) is 62.5 Å². The molecule has 3 N–H and O–H groups in total. The molecule has 0 aliphatic carbocycles. The van der Waals surface area contributed by atoms with Gasteiger partial charge in [0, 0.05) is 36.0 Å². The number of hydrogen-bond acceptors (Lipinski definition) is 6. The third kappa shape index (κ3) is 5.57. The van der Waals surface area contributed by atoms with E-state index >= 15 is 0 Å². The van der Waals surface area contributed by atoms with E-state index in [1.54, 1.807) is 18.2 Å². The van der Waals surface area contributed by atoms with Crippen molar-refractivity contribution in [3.05, 3.63) is 77.0 Å². The number of aromatic nitrogens is 1. The fraction of sp³-hybridized carbons (Fsp3) is 0.250. The first-order valence-corrected chi connectivity index (χ1v) is 12.0. The van der Waals surface area contributed by atoms with Gasteiger partial charge in [-0.05, 0) is 44.3 Å². The molecule has 0 radical (unpaired) electrons. The Hall–Kier alpha value is -4.37. The molecule has 9 heteroatoms. The van der Waals surface area contributed by atoms with Gasteiger partial charge in [0.1, 0.15) is 5.82 Å². The van der Waals surface area contributed by atoms with Gasteiger partial charge in [-0.3, -0.25) is 9.59 Å². The minimum absolute atomic E-state index is 0.0552. The molecule has 1 aromatic heterocycles. The lowest BCUT2D eigenvalue weighted by molar-refractivity contribution is -0.119. The molecule has 2 heterocycles. The molecule has 0 unspecified atom stereocenters. The fourth-order valence-electron chi connectivity index (χ4n) is 4.50. The number of fused-ring (bicyclic) bond motifs is 1. The number of esters is 1. The Morgan fingerprint density at radius 1 is 1.11 bits per heavy atom. The van der Waals surface area contributed by atoms with Crippen LogP contribution >= 0.6 is 0 Å². The van der Waals surface area contributed by atoms with Crippen molar-refractivity contribution in [2.75, 3.05) is 49.8 Å². The highest BCUT2D eigenvalue weighted by atomic mass is 16.5. The molecule has 3 aromatic rings. The van der Waals surface area contributed by atoms with Crippen LogP contribution < -0.4 is 15.5 Å². The Morgan fingerprint density at radius 3 is 2.54 bits per heavy atom. The van der Waals surface area contributed by atoms with Crippen LogP contribution in [0.3, 0.4) is 0 Å². The summed E-state index contributed by atoms with van der Waals surface area (Å²) >= 11 is 0. The number of anilines is 3. The molecule has 2 amide bonds. The van der Waals surface area contributed by atoms with E-state index in [4.69, 9.17) is 4.74 Å². The van der Waals surface area contributed by atoms with Gasteiger partial charge in [-0.15, -0.1) is 0 Å². The molecule has 1 aliphatic heterocycles. The summed E-state index contributed by atoms with van der Waals surface area (Å²) in [5.74, 6) is 0.319. The number of carbonyl (C=O) groups is 3. The maximum absolute atomic E-state index is 12.7. The third-order valence-corrected chi connectivity index (χ3v) is 6.26. The van der Waals surface area contributed by atoms with Gasteiger partial charge >= 0.3 is 5.97 Å². The molecule has 0 atom stereocenters. The maximum atomic E-state index is 12.7. The van der Waals surface area contributed by atoms with E-state index in [1.165, 1.54) is 7.11 Å². The monoisotopic (exact) mass is 501 g/mol. The number of benzene rings is 2. The predicted molar refractivity (Wildman–Crippen MR) is 145 cm³/mol. The number of aromatic amines is 1. The standard InChI is InChI=1S/C28H31N5O4/c1-18(21-11-10-20(28(36)37-4)14-23(21)29-17-34)27(19-8-6-5-7-9-19)31-25-15-24-22(30-25)12-13-33(24)26(35)16-32(2)3/h5-11,14-15,17,30-31H,12-13,16H2,1-4H3,(H,29,34)/b27-18+. The van der Waals surface area contributed by atoms with Crippen molar-refractivity contribution in [2.24, 2.45) is 0 Å². The SMILES string of the molecule is COC(=O)c1ccc(/C(C)=C(/Nc2cc3c([nH]2)CCN3C(=O)CN(C)C)c2ccccc2)c(NC=O)c1. The lowest BCUT2D eigenvalue weighted by atomic mass is 9.97. The number of nitrogens with zero attached hydrogens (tertiary/aromatic N) is 2. The van der Waals surface area contributed by atoms with Gasteiger partial charge in [0.15, 0.2) is 0 Å². The molecule has 0 saturated heterocycles. The molecule has 0 fully saturated rings. The first kappa shape index (κ1) is 25.7. The van der Waals surface area contributed by atoms with Gasteiger partial charge in [0.2, 0.25) is 12.3 Å². The summed E-state index contributed by atoms with van der Waals surface area (Å²) in [7, 11) is 5.07. The summed E-state index contributed by atoms with van der Waals surface area (Å²) in [6.07, 6.45) is 1.33. The zero-order valence-corrected chi connectivity index (χ0v) is 21.4. The highest BCUT2D eigenvalue weighted by Gasteiger charge is 2.27. The van der Waals surface area contributed by atoms with Crippen molar-refractivity contribution >= 4 is 46.7 Å². The Bertz CT molecular complexity index is 1340. The Labute approximate surface area is 216 Å². The molecule has 37 heavy (non-hydrogen) atoms. The van der Waals surface area contributed by atoms with Crippen LogP contribution in [0, 0.1) is 0 Å². The molecule has 9 nitrogen and oxygen atoms in total. The first-order valence-electron chi connectivity index (χ1n) is 12.0. The van der Waals surface area contributed by atoms with Crippen molar-refractivity contribution in [2.45, 2.75) is 13.3 Å². The number of methoxy groups -OCH3 is 1. The van der Waals surface area contributed by atoms with E-state index in [2.05, 4.69) is 15.6 Å². The van der Waals surface area contributed by atoms with Gasteiger partial charge in [-0.25, -0.2) is 4.79 Å². The van der Waals surface area contributed by atoms with E-state index in [1.807, 2.05) is 67.2 Å². The van der Waals surface area contributed by atoms with E-state index in [0.717, 1.165) is 46.0 Å². The van der Waals surface area contributed by atoms with Crippen LogP contribution in [0.1, 0.15) is 34.1 Å². The molecule has 2 aromatic carbocycles. The third-order valence-electron chi connectivity index (χ3n) is 6.26.